The van der Waals surface area contributed by atoms with E-state index >= 15 is 0 Å². The SMILES string of the molecule is CCNC(=O)c1cccc(NC(=O)C(CN)OC)c1. The van der Waals surface area contributed by atoms with E-state index in [0.29, 0.717) is 17.8 Å². The first-order chi connectivity index (χ1) is 9.12. The highest BCUT2D eigenvalue weighted by atomic mass is 16.5. The number of anilines is 1. The number of nitrogens with one attached hydrogen (secondary N) is 2. The van der Waals surface area contributed by atoms with E-state index < -0.39 is 6.10 Å². The van der Waals surface area contributed by atoms with Gasteiger partial charge >= 0.3 is 0 Å². The Morgan fingerprint density at radius 2 is 2.16 bits per heavy atom. The average Bonchev–Trinajstić information content (AvgIpc) is 2.40. The minimum atomic E-state index is -0.701. The normalized spacial score (nSPS) is 11.7. The lowest BCUT2D eigenvalue weighted by Crippen LogP contribution is -2.36. The number of nitrogens with two attached hydrogens (primary N) is 1. The summed E-state index contributed by atoms with van der Waals surface area (Å²) in [7, 11) is 1.42. The Labute approximate surface area is 112 Å². The summed E-state index contributed by atoms with van der Waals surface area (Å²) >= 11 is 0. The van der Waals surface area contributed by atoms with Gasteiger partial charge in [-0.15, -0.1) is 0 Å². The first kappa shape index (κ1) is 15.1. The monoisotopic (exact) mass is 265 g/mol. The molecule has 0 heterocycles. The molecule has 1 aromatic carbocycles. The lowest BCUT2D eigenvalue weighted by molar-refractivity contribution is -0.125. The van der Waals surface area contributed by atoms with Gasteiger partial charge in [-0.3, -0.25) is 9.59 Å². The Morgan fingerprint density at radius 3 is 2.74 bits per heavy atom. The molecule has 0 spiro atoms. The fraction of sp³-hybridized carbons (Fsp3) is 0.385. The Morgan fingerprint density at radius 1 is 1.42 bits per heavy atom. The number of hydrogen-bond acceptors (Lipinski definition) is 4. The lowest BCUT2D eigenvalue weighted by atomic mass is 10.2. The third-order valence-corrected chi connectivity index (χ3v) is 2.52. The predicted octanol–water partition coefficient (Wildman–Crippen LogP) is 0.349. The zero-order valence-electron chi connectivity index (χ0n) is 11.1. The molecule has 0 saturated carbocycles. The maximum absolute atomic E-state index is 11.8. The Hall–Kier alpha value is -1.92. The van der Waals surface area contributed by atoms with Crippen LogP contribution in [0.5, 0.6) is 0 Å². The molecule has 1 atom stereocenters. The summed E-state index contributed by atoms with van der Waals surface area (Å²) in [6.45, 7) is 2.49. The third-order valence-electron chi connectivity index (χ3n) is 2.52. The van der Waals surface area contributed by atoms with Crippen molar-refractivity contribution >= 4 is 17.5 Å². The zero-order valence-corrected chi connectivity index (χ0v) is 11.1. The summed E-state index contributed by atoms with van der Waals surface area (Å²) in [5.74, 6) is -0.515. The number of amides is 2. The number of benzene rings is 1. The Kier molecular flexibility index (Phi) is 5.98. The van der Waals surface area contributed by atoms with Gasteiger partial charge in [0.15, 0.2) is 0 Å². The van der Waals surface area contributed by atoms with Crippen molar-refractivity contribution in [1.29, 1.82) is 0 Å². The van der Waals surface area contributed by atoms with Crippen molar-refractivity contribution in [2.45, 2.75) is 13.0 Å². The molecule has 2 amide bonds. The molecular weight excluding hydrogens is 246 g/mol. The minimum Gasteiger partial charge on any atom is -0.370 e. The molecule has 0 saturated heterocycles. The second kappa shape index (κ2) is 7.50. The first-order valence-corrected chi connectivity index (χ1v) is 6.04. The van der Waals surface area contributed by atoms with Crippen molar-refractivity contribution in [3.63, 3.8) is 0 Å². The lowest BCUT2D eigenvalue weighted by Gasteiger charge is -2.13. The number of methoxy groups -OCH3 is 1. The van der Waals surface area contributed by atoms with Crippen molar-refractivity contribution in [2.24, 2.45) is 5.73 Å². The van der Waals surface area contributed by atoms with Crippen LogP contribution in [-0.4, -0.2) is 38.1 Å². The summed E-state index contributed by atoms with van der Waals surface area (Å²) in [6, 6.07) is 6.68. The van der Waals surface area contributed by atoms with Crippen LogP contribution in [0.15, 0.2) is 24.3 Å². The van der Waals surface area contributed by atoms with Crippen LogP contribution in [0.4, 0.5) is 5.69 Å². The maximum atomic E-state index is 11.8. The largest absolute Gasteiger partial charge is 0.370 e. The molecule has 0 aliphatic carbocycles. The second-order valence-corrected chi connectivity index (χ2v) is 3.89. The Balaban J connectivity index is 2.77. The summed E-state index contributed by atoms with van der Waals surface area (Å²) in [4.78, 5) is 23.4. The molecule has 1 aromatic rings. The molecule has 0 bridgehead atoms. The topological polar surface area (TPSA) is 93.5 Å². The Bertz CT molecular complexity index is 445. The fourth-order valence-electron chi connectivity index (χ4n) is 1.53. The summed E-state index contributed by atoms with van der Waals surface area (Å²) in [5, 5.41) is 5.35. The molecule has 1 rings (SSSR count). The van der Waals surface area contributed by atoms with Crippen LogP contribution < -0.4 is 16.4 Å². The number of carbonyl (C=O) groups excluding carboxylic acids is 2. The van der Waals surface area contributed by atoms with Crippen molar-refractivity contribution in [1.82, 2.24) is 5.32 Å². The molecule has 4 N–H and O–H groups in total. The van der Waals surface area contributed by atoms with Crippen LogP contribution in [0.25, 0.3) is 0 Å². The second-order valence-electron chi connectivity index (χ2n) is 3.89. The third kappa shape index (κ3) is 4.35. The first-order valence-electron chi connectivity index (χ1n) is 6.04. The van der Waals surface area contributed by atoms with Crippen LogP contribution in [0.2, 0.25) is 0 Å². The molecule has 1 unspecified atom stereocenters. The molecule has 104 valence electrons. The molecule has 6 nitrogen and oxygen atoms in total. The molecule has 19 heavy (non-hydrogen) atoms. The van der Waals surface area contributed by atoms with Crippen LogP contribution in [0, 0.1) is 0 Å². The van der Waals surface area contributed by atoms with E-state index in [1.54, 1.807) is 24.3 Å². The van der Waals surface area contributed by atoms with E-state index in [1.807, 2.05) is 6.92 Å². The number of hydrogen-bond donors (Lipinski definition) is 3. The van der Waals surface area contributed by atoms with Crippen LogP contribution in [0.3, 0.4) is 0 Å². The molecule has 6 heteroatoms. The van der Waals surface area contributed by atoms with Gasteiger partial charge in [-0.05, 0) is 25.1 Å². The molecule has 0 aliphatic rings. The molecule has 0 fully saturated rings. The van der Waals surface area contributed by atoms with E-state index in [1.165, 1.54) is 7.11 Å². The van der Waals surface area contributed by atoms with Gasteiger partial charge in [-0.1, -0.05) is 6.07 Å². The van der Waals surface area contributed by atoms with Gasteiger partial charge in [0.1, 0.15) is 6.10 Å². The summed E-state index contributed by atoms with van der Waals surface area (Å²) in [5.41, 5.74) is 6.42. The van der Waals surface area contributed by atoms with Crippen molar-refractivity contribution in [3.05, 3.63) is 29.8 Å². The number of ether oxygens (including phenoxy) is 1. The number of carbonyl (C=O) groups is 2. The van der Waals surface area contributed by atoms with Gasteiger partial charge in [0, 0.05) is 31.5 Å². The molecule has 0 aliphatic heterocycles. The smallest absolute Gasteiger partial charge is 0.254 e. The van der Waals surface area contributed by atoms with Crippen molar-refractivity contribution in [2.75, 3.05) is 25.5 Å². The highest BCUT2D eigenvalue weighted by molar-refractivity contribution is 5.98. The van der Waals surface area contributed by atoms with Crippen LogP contribution >= 0.6 is 0 Å². The number of rotatable bonds is 6. The standard InChI is InChI=1S/C13H19N3O3/c1-3-15-12(17)9-5-4-6-10(7-9)16-13(18)11(8-14)19-2/h4-7,11H,3,8,14H2,1-2H3,(H,15,17)(H,16,18). The maximum Gasteiger partial charge on any atom is 0.254 e. The average molecular weight is 265 g/mol. The highest BCUT2D eigenvalue weighted by Crippen LogP contribution is 2.11. The van der Waals surface area contributed by atoms with E-state index in [2.05, 4.69) is 10.6 Å². The van der Waals surface area contributed by atoms with Gasteiger partial charge in [0.25, 0.3) is 11.8 Å². The quantitative estimate of drug-likeness (QED) is 0.692. The van der Waals surface area contributed by atoms with Crippen LogP contribution in [0.1, 0.15) is 17.3 Å². The summed E-state index contributed by atoms with van der Waals surface area (Å²) < 4.78 is 4.93. The van der Waals surface area contributed by atoms with Gasteiger partial charge in [-0.2, -0.15) is 0 Å². The van der Waals surface area contributed by atoms with Crippen molar-refractivity contribution in [3.8, 4) is 0 Å². The highest BCUT2D eigenvalue weighted by Gasteiger charge is 2.16. The molecule has 0 radical (unpaired) electrons. The van der Waals surface area contributed by atoms with Gasteiger partial charge in [0.2, 0.25) is 0 Å². The zero-order chi connectivity index (χ0) is 14.3. The van der Waals surface area contributed by atoms with Crippen LogP contribution in [-0.2, 0) is 9.53 Å². The predicted molar refractivity (Wildman–Crippen MR) is 72.9 cm³/mol. The minimum absolute atomic E-state index is 0.0956. The van der Waals surface area contributed by atoms with E-state index in [0.717, 1.165) is 0 Å². The van der Waals surface area contributed by atoms with E-state index in [-0.39, 0.29) is 18.4 Å². The van der Waals surface area contributed by atoms with E-state index in [4.69, 9.17) is 10.5 Å². The summed E-state index contributed by atoms with van der Waals surface area (Å²) in [6.07, 6.45) is -0.701. The molecule has 0 aromatic heterocycles. The van der Waals surface area contributed by atoms with Gasteiger partial charge in [0.05, 0.1) is 0 Å². The molecular formula is C13H19N3O3. The fourth-order valence-corrected chi connectivity index (χ4v) is 1.53. The van der Waals surface area contributed by atoms with Gasteiger partial charge in [-0.25, -0.2) is 0 Å². The van der Waals surface area contributed by atoms with Gasteiger partial charge < -0.3 is 21.1 Å². The van der Waals surface area contributed by atoms with Crippen molar-refractivity contribution < 1.29 is 14.3 Å². The van der Waals surface area contributed by atoms with E-state index in [9.17, 15) is 9.59 Å².